The third-order valence-electron chi connectivity index (χ3n) is 5.06. The second-order valence-electron chi connectivity index (χ2n) is 7.01. The number of hydrogen-bond acceptors (Lipinski definition) is 6. The minimum atomic E-state index is -0.402. The van der Waals surface area contributed by atoms with E-state index in [0.717, 1.165) is 29.8 Å². The van der Waals surface area contributed by atoms with E-state index >= 15 is 0 Å². The van der Waals surface area contributed by atoms with Gasteiger partial charge in [0.05, 0.1) is 18.7 Å². The minimum absolute atomic E-state index is 0.148. The number of amides is 2. The number of hydrogen-bond donors (Lipinski definition) is 1. The molecule has 1 aromatic heterocycles. The third kappa shape index (κ3) is 4.26. The van der Waals surface area contributed by atoms with Crippen molar-refractivity contribution >= 4 is 17.8 Å². The number of nitrogens with one attached hydrogen (secondary N) is 1. The van der Waals surface area contributed by atoms with Gasteiger partial charge in [-0.3, -0.25) is 4.79 Å². The molecule has 2 aliphatic rings. The Bertz CT molecular complexity index is 917. The molecule has 8 nitrogen and oxygen atoms in total. The van der Waals surface area contributed by atoms with Gasteiger partial charge in [-0.2, -0.15) is 0 Å². The summed E-state index contributed by atoms with van der Waals surface area (Å²) in [6.45, 7) is 2.01. The van der Waals surface area contributed by atoms with Gasteiger partial charge in [-0.25, -0.2) is 9.78 Å². The predicted octanol–water partition coefficient (Wildman–Crippen LogP) is 2.94. The van der Waals surface area contributed by atoms with E-state index in [1.807, 2.05) is 30.3 Å². The Labute approximate surface area is 168 Å². The third-order valence-corrected chi connectivity index (χ3v) is 5.06. The lowest BCUT2D eigenvalue weighted by Gasteiger charge is -2.30. The first-order valence-corrected chi connectivity index (χ1v) is 9.65. The maximum atomic E-state index is 12.7. The summed E-state index contributed by atoms with van der Waals surface area (Å²) in [5.74, 6) is 1.44. The molecule has 1 N–H and O–H groups in total. The van der Waals surface area contributed by atoms with Crippen molar-refractivity contribution in [1.29, 1.82) is 0 Å². The molecule has 0 unspecified atom stereocenters. The molecule has 8 heteroatoms. The Kier molecular flexibility index (Phi) is 5.50. The Morgan fingerprint density at radius 2 is 2.00 bits per heavy atom. The molecule has 0 saturated carbocycles. The molecule has 1 saturated heterocycles. The van der Waals surface area contributed by atoms with Crippen molar-refractivity contribution < 1.29 is 23.8 Å². The van der Waals surface area contributed by atoms with E-state index in [1.54, 1.807) is 11.0 Å². The van der Waals surface area contributed by atoms with E-state index in [4.69, 9.17) is 14.2 Å². The highest BCUT2D eigenvalue weighted by molar-refractivity contribution is 5.92. The van der Waals surface area contributed by atoms with Gasteiger partial charge in [-0.05, 0) is 43.2 Å². The summed E-state index contributed by atoms with van der Waals surface area (Å²) in [7, 11) is 1.35. The molecule has 2 aromatic rings. The summed E-state index contributed by atoms with van der Waals surface area (Å²) in [5, 5.41) is 2.88. The number of anilines is 1. The zero-order valence-corrected chi connectivity index (χ0v) is 16.2. The Morgan fingerprint density at radius 1 is 1.17 bits per heavy atom. The maximum Gasteiger partial charge on any atom is 0.409 e. The van der Waals surface area contributed by atoms with E-state index in [9.17, 15) is 9.59 Å². The fourth-order valence-corrected chi connectivity index (χ4v) is 3.58. The summed E-state index contributed by atoms with van der Waals surface area (Å²) in [5.41, 5.74) is 1.60. The molecule has 1 aromatic carbocycles. The summed E-state index contributed by atoms with van der Waals surface area (Å²) in [4.78, 5) is 30.6. The van der Waals surface area contributed by atoms with E-state index in [-0.39, 0.29) is 11.8 Å². The monoisotopic (exact) mass is 397 g/mol. The molecule has 0 spiro atoms. The molecule has 29 heavy (non-hydrogen) atoms. The average molecular weight is 397 g/mol. The first-order valence-electron chi connectivity index (χ1n) is 9.65. The molecule has 152 valence electrons. The second kappa shape index (κ2) is 8.38. The number of methoxy groups -OCH3 is 1. The van der Waals surface area contributed by atoms with Gasteiger partial charge in [0.2, 0.25) is 5.91 Å². The van der Waals surface area contributed by atoms with Crippen LogP contribution >= 0.6 is 0 Å². The highest BCUT2D eigenvalue weighted by atomic mass is 16.6. The number of aromatic nitrogens is 1. The van der Waals surface area contributed by atoms with Crippen LogP contribution in [0.15, 0.2) is 36.4 Å². The van der Waals surface area contributed by atoms with Crippen LogP contribution in [0.1, 0.15) is 12.8 Å². The summed E-state index contributed by atoms with van der Waals surface area (Å²) in [6, 6.07) is 11.1. The zero-order valence-electron chi connectivity index (χ0n) is 16.2. The molecule has 1 atom stereocenters. The van der Waals surface area contributed by atoms with Crippen LogP contribution in [0.25, 0.3) is 11.3 Å². The highest BCUT2D eigenvalue weighted by Gasteiger charge is 2.29. The largest absolute Gasteiger partial charge is 0.486 e. The van der Waals surface area contributed by atoms with Crippen molar-refractivity contribution in [2.75, 3.05) is 38.7 Å². The quantitative estimate of drug-likeness (QED) is 0.857. The van der Waals surface area contributed by atoms with Gasteiger partial charge in [0.25, 0.3) is 0 Å². The number of carbonyl (C=O) groups excluding carboxylic acids is 2. The van der Waals surface area contributed by atoms with E-state index in [1.165, 1.54) is 7.11 Å². The molecule has 2 amide bonds. The van der Waals surface area contributed by atoms with Gasteiger partial charge < -0.3 is 24.4 Å². The van der Waals surface area contributed by atoms with Gasteiger partial charge in [-0.15, -0.1) is 0 Å². The van der Waals surface area contributed by atoms with Gasteiger partial charge in [-0.1, -0.05) is 6.07 Å². The number of carbonyl (C=O) groups is 2. The number of rotatable bonds is 3. The molecule has 0 bridgehead atoms. The number of ether oxygens (including phenoxy) is 3. The number of piperidine rings is 1. The summed E-state index contributed by atoms with van der Waals surface area (Å²) >= 11 is 0. The van der Waals surface area contributed by atoms with E-state index in [0.29, 0.717) is 37.9 Å². The molecular weight excluding hydrogens is 374 g/mol. The molecule has 1 fully saturated rings. The van der Waals surface area contributed by atoms with Gasteiger partial charge in [0.1, 0.15) is 19.0 Å². The smallest absolute Gasteiger partial charge is 0.409 e. The fourth-order valence-electron chi connectivity index (χ4n) is 3.58. The zero-order chi connectivity index (χ0) is 20.2. The molecule has 0 radical (unpaired) electrons. The number of nitrogens with zero attached hydrogens (tertiary/aromatic N) is 2. The minimum Gasteiger partial charge on any atom is -0.486 e. The van der Waals surface area contributed by atoms with E-state index in [2.05, 4.69) is 10.3 Å². The predicted molar refractivity (Wildman–Crippen MR) is 106 cm³/mol. The molecule has 0 aliphatic carbocycles. The lowest BCUT2D eigenvalue weighted by Crippen LogP contribution is -2.43. The normalized spacial score (nSPS) is 18.1. The first-order chi connectivity index (χ1) is 14.1. The average Bonchev–Trinajstić information content (AvgIpc) is 2.78. The van der Waals surface area contributed by atoms with Crippen LogP contribution in [-0.2, 0) is 9.53 Å². The summed E-state index contributed by atoms with van der Waals surface area (Å²) in [6.07, 6.45) is 1.08. The van der Waals surface area contributed by atoms with Crippen molar-refractivity contribution in [3.8, 4) is 22.8 Å². The molecular formula is C21H23N3O5. The van der Waals surface area contributed by atoms with Crippen molar-refractivity contribution in [1.82, 2.24) is 9.88 Å². The van der Waals surface area contributed by atoms with Crippen LogP contribution in [0.2, 0.25) is 0 Å². The Balaban J connectivity index is 1.46. The van der Waals surface area contributed by atoms with Crippen LogP contribution in [0, 0.1) is 5.92 Å². The van der Waals surface area contributed by atoms with Gasteiger partial charge >= 0.3 is 6.09 Å². The van der Waals surface area contributed by atoms with Crippen LogP contribution in [-0.4, -0.2) is 55.3 Å². The van der Waals surface area contributed by atoms with Crippen molar-refractivity contribution in [2.45, 2.75) is 12.8 Å². The van der Waals surface area contributed by atoms with Crippen LogP contribution in [0.3, 0.4) is 0 Å². The van der Waals surface area contributed by atoms with Crippen molar-refractivity contribution in [3.63, 3.8) is 0 Å². The molecule has 4 rings (SSSR count). The lowest BCUT2D eigenvalue weighted by molar-refractivity contribution is -0.121. The van der Waals surface area contributed by atoms with Crippen LogP contribution < -0.4 is 14.8 Å². The second-order valence-corrected chi connectivity index (χ2v) is 7.01. The number of pyridine rings is 1. The number of fused-ring (bicyclic) bond motifs is 1. The summed E-state index contributed by atoms with van der Waals surface area (Å²) < 4.78 is 15.9. The highest BCUT2D eigenvalue weighted by Crippen LogP contribution is 2.34. The van der Waals surface area contributed by atoms with Crippen molar-refractivity contribution in [3.05, 3.63) is 36.4 Å². The van der Waals surface area contributed by atoms with Crippen molar-refractivity contribution in [2.24, 2.45) is 5.92 Å². The number of benzene rings is 1. The topological polar surface area (TPSA) is 90.0 Å². The van der Waals surface area contributed by atoms with Crippen LogP contribution in [0.4, 0.5) is 10.6 Å². The molecule has 2 aliphatic heterocycles. The maximum absolute atomic E-state index is 12.7. The van der Waals surface area contributed by atoms with Gasteiger partial charge in [0, 0.05) is 18.7 Å². The SMILES string of the molecule is COC(=O)N1CCC[C@H](C(=O)Nc2cccc(-c3ccc4c(c3)OCCO4)n2)C1. The molecule has 3 heterocycles. The van der Waals surface area contributed by atoms with Crippen LogP contribution in [0.5, 0.6) is 11.5 Å². The fraction of sp³-hybridized carbons (Fsp3) is 0.381. The number of likely N-dealkylation sites (tertiary alicyclic amines) is 1. The standard InChI is InChI=1S/C21H23N3O5/c1-27-21(26)24-9-3-4-15(13-24)20(25)23-19-6-2-5-16(22-19)14-7-8-17-18(12-14)29-11-10-28-17/h2,5-8,12,15H,3-4,9-11,13H2,1H3,(H,22,23,25)/t15-/m0/s1. The first kappa shape index (κ1) is 19.0. The van der Waals surface area contributed by atoms with Gasteiger partial charge in [0.15, 0.2) is 11.5 Å². The Morgan fingerprint density at radius 3 is 2.83 bits per heavy atom. The Hall–Kier alpha value is -3.29. The lowest BCUT2D eigenvalue weighted by atomic mass is 9.97. The van der Waals surface area contributed by atoms with E-state index < -0.39 is 6.09 Å².